The maximum absolute atomic E-state index is 12.4. The van der Waals surface area contributed by atoms with Gasteiger partial charge >= 0.3 is 0 Å². The third kappa shape index (κ3) is 2.75. The molecule has 1 aliphatic carbocycles. The van der Waals surface area contributed by atoms with E-state index in [2.05, 4.69) is 12.2 Å². The van der Waals surface area contributed by atoms with Gasteiger partial charge in [0.15, 0.2) is 0 Å². The summed E-state index contributed by atoms with van der Waals surface area (Å²) in [6, 6.07) is 7.19. The molecular weight excluding hydrogens is 196 g/mol. The standard InChI is InChI=1S/C12H15F2N/c1-8-5-11(8)15-7-9-3-2-4-10(6-9)12(13)14/h2-4,6,8,11-12,15H,5,7H2,1H3. The molecule has 1 nitrogen and oxygen atoms in total. The summed E-state index contributed by atoms with van der Waals surface area (Å²) in [7, 11) is 0. The van der Waals surface area contributed by atoms with Crippen molar-refractivity contribution >= 4 is 0 Å². The third-order valence-electron chi connectivity index (χ3n) is 2.88. The first-order valence-electron chi connectivity index (χ1n) is 5.27. The van der Waals surface area contributed by atoms with Crippen molar-refractivity contribution in [1.82, 2.24) is 5.32 Å². The minimum Gasteiger partial charge on any atom is -0.310 e. The van der Waals surface area contributed by atoms with Gasteiger partial charge in [-0.25, -0.2) is 8.78 Å². The lowest BCUT2D eigenvalue weighted by atomic mass is 10.1. The van der Waals surface area contributed by atoms with E-state index in [1.807, 2.05) is 6.07 Å². The smallest absolute Gasteiger partial charge is 0.263 e. The van der Waals surface area contributed by atoms with Gasteiger partial charge in [-0.2, -0.15) is 0 Å². The summed E-state index contributed by atoms with van der Waals surface area (Å²) in [5.74, 6) is 0.739. The van der Waals surface area contributed by atoms with E-state index in [0.29, 0.717) is 12.6 Å². The van der Waals surface area contributed by atoms with Crippen molar-refractivity contribution in [3.8, 4) is 0 Å². The second-order valence-corrected chi connectivity index (χ2v) is 4.25. The molecular formula is C12H15F2N. The molecule has 3 heteroatoms. The first kappa shape index (κ1) is 10.6. The lowest BCUT2D eigenvalue weighted by Crippen LogP contribution is -2.17. The topological polar surface area (TPSA) is 12.0 Å². The number of nitrogens with one attached hydrogen (secondary N) is 1. The Bertz CT molecular complexity index is 338. The van der Waals surface area contributed by atoms with Crippen LogP contribution in [-0.2, 0) is 6.54 Å². The number of hydrogen-bond acceptors (Lipinski definition) is 1. The normalized spacial score (nSPS) is 24.5. The summed E-state index contributed by atoms with van der Waals surface area (Å²) >= 11 is 0. The molecule has 15 heavy (non-hydrogen) atoms. The fourth-order valence-electron chi connectivity index (χ4n) is 1.69. The maximum Gasteiger partial charge on any atom is 0.263 e. The predicted octanol–water partition coefficient (Wildman–Crippen LogP) is 3.12. The molecule has 1 N–H and O–H groups in total. The van der Waals surface area contributed by atoms with E-state index in [0.717, 1.165) is 11.5 Å². The first-order chi connectivity index (χ1) is 7.16. The molecule has 0 spiro atoms. The average molecular weight is 211 g/mol. The molecule has 2 rings (SSSR count). The molecule has 2 atom stereocenters. The van der Waals surface area contributed by atoms with Crippen LogP contribution in [0.2, 0.25) is 0 Å². The highest BCUT2D eigenvalue weighted by molar-refractivity contribution is 5.24. The van der Waals surface area contributed by atoms with Crippen LogP contribution in [0.1, 0.15) is 30.9 Å². The van der Waals surface area contributed by atoms with Gasteiger partial charge in [-0.1, -0.05) is 25.1 Å². The number of benzene rings is 1. The molecule has 82 valence electrons. The van der Waals surface area contributed by atoms with Gasteiger partial charge < -0.3 is 5.32 Å². The van der Waals surface area contributed by atoms with E-state index in [9.17, 15) is 8.78 Å². The highest BCUT2D eigenvalue weighted by Gasteiger charge is 2.31. The van der Waals surface area contributed by atoms with Gasteiger partial charge in [0.1, 0.15) is 0 Å². The van der Waals surface area contributed by atoms with Gasteiger partial charge in [0.25, 0.3) is 6.43 Å². The highest BCUT2D eigenvalue weighted by Crippen LogP contribution is 2.29. The lowest BCUT2D eigenvalue weighted by molar-refractivity contribution is 0.151. The zero-order chi connectivity index (χ0) is 10.8. The summed E-state index contributed by atoms with van der Waals surface area (Å²) in [4.78, 5) is 0. The van der Waals surface area contributed by atoms with E-state index in [1.165, 1.54) is 12.5 Å². The number of rotatable bonds is 4. The Morgan fingerprint density at radius 2 is 2.20 bits per heavy atom. The van der Waals surface area contributed by atoms with Crippen LogP contribution in [0.25, 0.3) is 0 Å². The Balaban J connectivity index is 1.93. The molecule has 1 aliphatic rings. The van der Waals surface area contributed by atoms with E-state index in [4.69, 9.17) is 0 Å². The molecule has 2 unspecified atom stereocenters. The molecule has 1 aromatic rings. The Morgan fingerprint density at radius 3 is 2.80 bits per heavy atom. The van der Waals surface area contributed by atoms with Crippen LogP contribution >= 0.6 is 0 Å². The second-order valence-electron chi connectivity index (χ2n) is 4.25. The molecule has 1 aromatic carbocycles. The monoisotopic (exact) mass is 211 g/mol. The zero-order valence-electron chi connectivity index (χ0n) is 8.71. The van der Waals surface area contributed by atoms with Gasteiger partial charge in [0.05, 0.1) is 0 Å². The van der Waals surface area contributed by atoms with Crippen molar-refractivity contribution in [2.75, 3.05) is 0 Å². The van der Waals surface area contributed by atoms with E-state index < -0.39 is 6.43 Å². The Morgan fingerprint density at radius 1 is 1.47 bits per heavy atom. The first-order valence-corrected chi connectivity index (χ1v) is 5.27. The van der Waals surface area contributed by atoms with E-state index in [-0.39, 0.29) is 5.56 Å². The molecule has 1 fully saturated rings. The summed E-state index contributed by atoms with van der Waals surface area (Å²) in [5, 5.41) is 3.34. The van der Waals surface area contributed by atoms with Crippen LogP contribution in [0.5, 0.6) is 0 Å². The molecule has 0 heterocycles. The second kappa shape index (κ2) is 4.27. The molecule has 0 radical (unpaired) electrons. The summed E-state index contributed by atoms with van der Waals surface area (Å²) in [6.07, 6.45) is -1.17. The number of hydrogen-bond donors (Lipinski definition) is 1. The third-order valence-corrected chi connectivity index (χ3v) is 2.88. The lowest BCUT2D eigenvalue weighted by Gasteiger charge is -2.05. The zero-order valence-corrected chi connectivity index (χ0v) is 8.71. The number of halogens is 2. The summed E-state index contributed by atoms with van der Waals surface area (Å²) < 4.78 is 24.8. The van der Waals surface area contributed by atoms with Crippen LogP contribution < -0.4 is 5.32 Å². The van der Waals surface area contributed by atoms with Gasteiger partial charge in [-0.15, -0.1) is 0 Å². The largest absolute Gasteiger partial charge is 0.310 e. The quantitative estimate of drug-likeness (QED) is 0.806. The van der Waals surface area contributed by atoms with Crippen molar-refractivity contribution in [2.24, 2.45) is 5.92 Å². The average Bonchev–Trinajstić information content (AvgIpc) is 2.92. The predicted molar refractivity (Wildman–Crippen MR) is 55.8 cm³/mol. The Kier molecular flexibility index (Phi) is 3.00. The van der Waals surface area contributed by atoms with Gasteiger partial charge in [-0.3, -0.25) is 0 Å². The van der Waals surface area contributed by atoms with Crippen molar-refractivity contribution in [2.45, 2.75) is 32.4 Å². The van der Waals surface area contributed by atoms with Crippen molar-refractivity contribution in [1.29, 1.82) is 0 Å². The maximum atomic E-state index is 12.4. The van der Waals surface area contributed by atoms with Crippen LogP contribution in [0.3, 0.4) is 0 Å². The van der Waals surface area contributed by atoms with Crippen LogP contribution in [0.4, 0.5) is 8.78 Å². The molecule has 0 amide bonds. The summed E-state index contributed by atoms with van der Waals surface area (Å²) in [6.45, 7) is 2.88. The van der Waals surface area contributed by atoms with Crippen molar-refractivity contribution in [3.05, 3.63) is 35.4 Å². The van der Waals surface area contributed by atoms with E-state index in [1.54, 1.807) is 12.1 Å². The molecule has 0 bridgehead atoms. The Hall–Kier alpha value is -0.960. The van der Waals surface area contributed by atoms with Crippen LogP contribution in [0, 0.1) is 5.92 Å². The van der Waals surface area contributed by atoms with Crippen molar-refractivity contribution in [3.63, 3.8) is 0 Å². The SMILES string of the molecule is CC1CC1NCc1cccc(C(F)F)c1. The minimum atomic E-state index is -2.37. The van der Waals surface area contributed by atoms with Crippen LogP contribution in [-0.4, -0.2) is 6.04 Å². The molecule has 1 saturated carbocycles. The fraction of sp³-hybridized carbons (Fsp3) is 0.500. The Labute approximate surface area is 88.5 Å². The van der Waals surface area contributed by atoms with Gasteiger partial charge in [0.2, 0.25) is 0 Å². The molecule has 0 aliphatic heterocycles. The highest BCUT2D eigenvalue weighted by atomic mass is 19.3. The number of alkyl halides is 2. The minimum absolute atomic E-state index is 0.109. The van der Waals surface area contributed by atoms with Crippen molar-refractivity contribution < 1.29 is 8.78 Å². The molecule has 0 saturated heterocycles. The summed E-state index contributed by atoms with van der Waals surface area (Å²) in [5.41, 5.74) is 1.05. The van der Waals surface area contributed by atoms with E-state index >= 15 is 0 Å². The molecule has 0 aromatic heterocycles. The fourth-order valence-corrected chi connectivity index (χ4v) is 1.69. The van der Waals surface area contributed by atoms with Crippen LogP contribution in [0.15, 0.2) is 24.3 Å². The van der Waals surface area contributed by atoms with Gasteiger partial charge in [-0.05, 0) is 24.0 Å². The van der Waals surface area contributed by atoms with Gasteiger partial charge in [0, 0.05) is 18.2 Å².